The maximum atomic E-state index is 12.4. The molecule has 7 heteroatoms. The van der Waals surface area contributed by atoms with Crippen molar-refractivity contribution in [3.63, 3.8) is 0 Å². The number of aliphatic hydroxyl groups is 2. The number of halogens is 2. The number of rotatable bonds is 5. The van der Waals surface area contributed by atoms with Crippen molar-refractivity contribution in [1.82, 2.24) is 9.88 Å². The van der Waals surface area contributed by atoms with Crippen molar-refractivity contribution in [3.8, 4) is 0 Å². The van der Waals surface area contributed by atoms with Crippen molar-refractivity contribution < 1.29 is 15.0 Å². The number of nitrogens with zero attached hydrogens (tertiary/aromatic N) is 1. The first-order valence-electron chi connectivity index (χ1n) is 6.06. The first-order valence-corrected chi connectivity index (χ1v) is 6.81. The molecule has 1 amide bonds. The largest absolute Gasteiger partial charge is 0.395 e. The van der Waals surface area contributed by atoms with Crippen LogP contribution >= 0.6 is 23.2 Å². The molecular weight excluding hydrogens is 303 g/mol. The Morgan fingerprint density at radius 2 is 1.85 bits per heavy atom. The Bertz CT molecular complexity index is 621. The van der Waals surface area contributed by atoms with Crippen molar-refractivity contribution in [2.75, 3.05) is 26.3 Å². The van der Waals surface area contributed by atoms with E-state index in [1.807, 2.05) is 0 Å². The summed E-state index contributed by atoms with van der Waals surface area (Å²) in [5.74, 6) is -0.370. The summed E-state index contributed by atoms with van der Waals surface area (Å²) in [6, 6.07) is 5.11. The molecule has 3 N–H and O–H groups in total. The Morgan fingerprint density at radius 1 is 1.20 bits per heavy atom. The van der Waals surface area contributed by atoms with Gasteiger partial charge < -0.3 is 20.1 Å². The van der Waals surface area contributed by atoms with Gasteiger partial charge in [-0.3, -0.25) is 4.79 Å². The Morgan fingerprint density at radius 3 is 2.45 bits per heavy atom. The van der Waals surface area contributed by atoms with E-state index in [4.69, 9.17) is 33.4 Å². The van der Waals surface area contributed by atoms with Crippen molar-refractivity contribution in [2.45, 2.75) is 0 Å². The van der Waals surface area contributed by atoms with Crippen LogP contribution in [0.2, 0.25) is 10.0 Å². The molecule has 2 rings (SSSR count). The topological polar surface area (TPSA) is 76.6 Å². The summed E-state index contributed by atoms with van der Waals surface area (Å²) < 4.78 is 0. The molecule has 0 unspecified atom stereocenters. The highest BCUT2D eigenvalue weighted by Crippen LogP contribution is 2.30. The van der Waals surface area contributed by atoms with E-state index >= 15 is 0 Å². The van der Waals surface area contributed by atoms with Gasteiger partial charge in [0.15, 0.2) is 0 Å². The molecule has 20 heavy (non-hydrogen) atoms. The molecule has 0 saturated carbocycles. The zero-order valence-electron chi connectivity index (χ0n) is 10.6. The van der Waals surface area contributed by atoms with Crippen LogP contribution in [0.5, 0.6) is 0 Å². The van der Waals surface area contributed by atoms with Crippen molar-refractivity contribution >= 4 is 40.0 Å². The molecule has 0 aliphatic heterocycles. The van der Waals surface area contributed by atoms with Gasteiger partial charge in [0.2, 0.25) is 0 Å². The Labute approximate surface area is 125 Å². The third-order valence-electron chi connectivity index (χ3n) is 2.94. The Kier molecular flexibility index (Phi) is 4.88. The number of aromatic amines is 1. The zero-order chi connectivity index (χ0) is 14.7. The maximum Gasteiger partial charge on any atom is 0.272 e. The third kappa shape index (κ3) is 2.91. The Balaban J connectivity index is 2.40. The predicted octanol–water partition coefficient (Wildman–Crippen LogP) is 1.90. The van der Waals surface area contributed by atoms with Gasteiger partial charge >= 0.3 is 0 Å². The van der Waals surface area contributed by atoms with E-state index in [9.17, 15) is 4.79 Å². The number of benzene rings is 1. The Hall–Kier alpha value is -1.27. The SMILES string of the molecule is O=C(c1[nH]c2ccc(Cl)cc2c1Cl)N(CCO)CCO. The number of hydrogen-bond acceptors (Lipinski definition) is 3. The second-order valence-corrected chi connectivity index (χ2v) is 5.06. The molecule has 1 aromatic carbocycles. The van der Waals surface area contributed by atoms with Gasteiger partial charge in [-0.2, -0.15) is 0 Å². The zero-order valence-corrected chi connectivity index (χ0v) is 12.1. The summed E-state index contributed by atoms with van der Waals surface area (Å²) in [6.45, 7) is -0.109. The molecular formula is C13H14Cl2N2O3. The van der Waals surface area contributed by atoms with Crippen molar-refractivity contribution in [1.29, 1.82) is 0 Å². The predicted molar refractivity (Wildman–Crippen MR) is 78.4 cm³/mol. The van der Waals surface area contributed by atoms with Crippen molar-refractivity contribution in [3.05, 3.63) is 33.9 Å². The van der Waals surface area contributed by atoms with E-state index in [0.29, 0.717) is 15.9 Å². The number of fused-ring (bicyclic) bond motifs is 1. The molecule has 5 nitrogen and oxygen atoms in total. The second kappa shape index (κ2) is 6.45. The first-order chi connectivity index (χ1) is 9.58. The van der Waals surface area contributed by atoms with Gasteiger partial charge in [0.05, 0.1) is 18.2 Å². The summed E-state index contributed by atoms with van der Waals surface area (Å²) in [5, 5.41) is 19.4. The van der Waals surface area contributed by atoms with Crippen LogP contribution in [-0.4, -0.2) is 52.3 Å². The van der Waals surface area contributed by atoms with Crippen LogP contribution in [0.1, 0.15) is 10.5 Å². The number of nitrogens with one attached hydrogen (secondary N) is 1. The average molecular weight is 317 g/mol. The van der Waals surface area contributed by atoms with Gasteiger partial charge in [-0.1, -0.05) is 23.2 Å². The molecule has 108 valence electrons. The minimum absolute atomic E-state index is 0.131. The van der Waals surface area contributed by atoms with Crippen molar-refractivity contribution in [2.24, 2.45) is 0 Å². The molecule has 2 aromatic rings. The highest BCUT2D eigenvalue weighted by atomic mass is 35.5. The monoisotopic (exact) mass is 316 g/mol. The average Bonchev–Trinajstić information content (AvgIpc) is 2.75. The van der Waals surface area contributed by atoms with E-state index in [2.05, 4.69) is 4.98 Å². The number of aromatic nitrogens is 1. The molecule has 0 radical (unpaired) electrons. The fraction of sp³-hybridized carbons (Fsp3) is 0.308. The third-order valence-corrected chi connectivity index (χ3v) is 3.57. The lowest BCUT2D eigenvalue weighted by molar-refractivity contribution is 0.0680. The van der Waals surface area contributed by atoms with Crippen LogP contribution < -0.4 is 0 Å². The lowest BCUT2D eigenvalue weighted by atomic mass is 10.2. The van der Waals surface area contributed by atoms with Gasteiger partial charge in [-0.25, -0.2) is 0 Å². The summed E-state index contributed by atoms with van der Waals surface area (Å²) in [7, 11) is 0. The number of H-pyrrole nitrogens is 1. The van der Waals surface area contributed by atoms with E-state index in [-0.39, 0.29) is 42.9 Å². The van der Waals surface area contributed by atoms with E-state index < -0.39 is 0 Å². The quantitative estimate of drug-likeness (QED) is 0.788. The number of amides is 1. The lowest BCUT2D eigenvalue weighted by Gasteiger charge is -2.20. The van der Waals surface area contributed by atoms with Crippen LogP contribution in [0, 0.1) is 0 Å². The van der Waals surface area contributed by atoms with Crippen LogP contribution in [-0.2, 0) is 0 Å². The van der Waals surface area contributed by atoms with Crippen LogP contribution in [0.3, 0.4) is 0 Å². The molecule has 0 saturated heterocycles. The highest BCUT2D eigenvalue weighted by Gasteiger charge is 2.21. The molecule has 0 aliphatic carbocycles. The molecule has 0 atom stereocenters. The van der Waals surface area contributed by atoms with Crippen LogP contribution in [0.25, 0.3) is 10.9 Å². The molecule has 1 heterocycles. The van der Waals surface area contributed by atoms with Crippen LogP contribution in [0.4, 0.5) is 0 Å². The second-order valence-electron chi connectivity index (χ2n) is 4.24. The highest BCUT2D eigenvalue weighted by molar-refractivity contribution is 6.39. The smallest absolute Gasteiger partial charge is 0.272 e. The fourth-order valence-corrected chi connectivity index (χ4v) is 2.45. The van der Waals surface area contributed by atoms with E-state index in [1.54, 1.807) is 18.2 Å². The summed E-state index contributed by atoms with van der Waals surface area (Å²) in [4.78, 5) is 16.6. The van der Waals surface area contributed by atoms with Gasteiger partial charge in [0, 0.05) is 29.0 Å². The van der Waals surface area contributed by atoms with Gasteiger partial charge in [-0.15, -0.1) is 0 Å². The number of carbonyl (C=O) groups is 1. The molecule has 0 aliphatic rings. The minimum atomic E-state index is -0.370. The number of carbonyl (C=O) groups excluding carboxylic acids is 1. The van der Waals surface area contributed by atoms with Gasteiger partial charge in [0.25, 0.3) is 5.91 Å². The minimum Gasteiger partial charge on any atom is -0.395 e. The van der Waals surface area contributed by atoms with Gasteiger partial charge in [0.1, 0.15) is 5.69 Å². The molecule has 0 spiro atoms. The summed E-state index contributed by atoms with van der Waals surface area (Å²) in [6.07, 6.45) is 0. The summed E-state index contributed by atoms with van der Waals surface area (Å²) >= 11 is 12.1. The lowest BCUT2D eigenvalue weighted by Crippen LogP contribution is -2.36. The molecule has 0 fully saturated rings. The maximum absolute atomic E-state index is 12.4. The van der Waals surface area contributed by atoms with Gasteiger partial charge in [-0.05, 0) is 18.2 Å². The molecule has 1 aromatic heterocycles. The fourth-order valence-electron chi connectivity index (χ4n) is 1.99. The summed E-state index contributed by atoms with van der Waals surface area (Å²) in [5.41, 5.74) is 0.932. The number of hydrogen-bond donors (Lipinski definition) is 3. The van der Waals surface area contributed by atoms with E-state index in [0.717, 1.165) is 0 Å². The normalized spacial score (nSPS) is 11.0. The van der Waals surface area contributed by atoms with Crippen LogP contribution in [0.15, 0.2) is 18.2 Å². The number of aliphatic hydroxyl groups excluding tert-OH is 2. The molecule has 0 bridgehead atoms. The standard InChI is InChI=1S/C13H14Cl2N2O3/c14-8-1-2-10-9(7-8)11(15)12(16-10)13(20)17(3-5-18)4-6-19/h1-2,7,16,18-19H,3-6H2. The first kappa shape index (κ1) is 15.1. The van der Waals surface area contributed by atoms with E-state index in [1.165, 1.54) is 4.90 Å².